The van der Waals surface area contributed by atoms with E-state index in [1.165, 1.54) is 24.2 Å². The van der Waals surface area contributed by atoms with Crippen LogP contribution in [0.15, 0.2) is 36.7 Å². The summed E-state index contributed by atoms with van der Waals surface area (Å²) in [5.41, 5.74) is 0.990. The Hall–Kier alpha value is -2.02. The zero-order valence-corrected chi connectivity index (χ0v) is 17.6. The van der Waals surface area contributed by atoms with E-state index in [1.807, 2.05) is 24.4 Å². The van der Waals surface area contributed by atoms with E-state index in [0.29, 0.717) is 16.9 Å². The molecule has 1 saturated heterocycles. The van der Waals surface area contributed by atoms with Gasteiger partial charge in [0.1, 0.15) is 5.15 Å². The summed E-state index contributed by atoms with van der Waals surface area (Å²) < 4.78 is 6.06. The molecule has 1 unspecified atom stereocenters. The second-order valence-corrected chi connectivity index (χ2v) is 9.43. The molecule has 7 heteroatoms. The topological polar surface area (TPSA) is 64.1 Å². The number of amides is 1. The van der Waals surface area contributed by atoms with Crippen LogP contribution in [-0.2, 0) is 9.53 Å². The Bertz CT molecular complexity index is 1060. The van der Waals surface area contributed by atoms with Crippen LogP contribution in [0.25, 0.3) is 21.2 Å². The first kappa shape index (κ1) is 19.0. The van der Waals surface area contributed by atoms with Crippen molar-refractivity contribution >= 4 is 44.7 Å². The van der Waals surface area contributed by atoms with E-state index < -0.39 is 0 Å². The zero-order chi connectivity index (χ0) is 19.8. The minimum absolute atomic E-state index is 0.00418. The molecule has 5 nitrogen and oxygen atoms in total. The first-order chi connectivity index (χ1) is 14.1. The highest BCUT2D eigenvalue weighted by Gasteiger charge is 2.42. The smallest absolute Gasteiger partial charge is 0.229 e. The molecule has 1 N–H and O–H groups in total. The van der Waals surface area contributed by atoms with Gasteiger partial charge < -0.3 is 10.1 Å². The first-order valence-electron chi connectivity index (χ1n) is 10.1. The number of carbonyl (C=O) groups excluding carboxylic acids is 1. The number of halogens is 1. The number of rotatable bonds is 3. The number of benzene rings is 1. The summed E-state index contributed by atoms with van der Waals surface area (Å²) in [6.07, 6.45) is 9.77. The third-order valence-electron chi connectivity index (χ3n) is 6.09. The van der Waals surface area contributed by atoms with E-state index in [9.17, 15) is 4.79 Å². The third-order valence-corrected chi connectivity index (χ3v) is 7.26. The maximum atomic E-state index is 12.8. The van der Waals surface area contributed by atoms with Crippen molar-refractivity contribution in [3.63, 3.8) is 0 Å². The predicted molar refractivity (Wildman–Crippen MR) is 116 cm³/mol. The molecule has 2 aliphatic rings. The number of thiazole rings is 1. The summed E-state index contributed by atoms with van der Waals surface area (Å²) in [6, 6.07) is 7.99. The van der Waals surface area contributed by atoms with Gasteiger partial charge in [0, 0.05) is 30.3 Å². The molecule has 1 atom stereocenters. The van der Waals surface area contributed by atoms with E-state index in [0.717, 1.165) is 46.9 Å². The van der Waals surface area contributed by atoms with Crippen LogP contribution in [0.3, 0.4) is 0 Å². The van der Waals surface area contributed by atoms with Gasteiger partial charge in [-0.3, -0.25) is 4.79 Å². The van der Waals surface area contributed by atoms with Crippen LogP contribution in [0.1, 0.15) is 38.5 Å². The Labute approximate surface area is 178 Å². The number of nitrogens with one attached hydrogen (secondary N) is 1. The molecule has 1 aliphatic heterocycles. The van der Waals surface area contributed by atoms with Crippen LogP contribution in [0.2, 0.25) is 5.15 Å². The molecule has 0 radical (unpaired) electrons. The number of pyridine rings is 1. The standard InChI is InChI=1S/C22H22ClN3O2S/c23-19-10-17-9-14(3-4-16(17)12-24-19)18-13-25-21(29-18)26-20(27)15-5-8-28-22(11-15)6-1-2-7-22/h3-4,9-10,12-13,15H,1-2,5-8,11H2,(H,25,26,27). The van der Waals surface area contributed by atoms with Crippen LogP contribution in [0.4, 0.5) is 5.13 Å². The van der Waals surface area contributed by atoms with Crippen molar-refractivity contribution in [3.05, 3.63) is 41.8 Å². The monoisotopic (exact) mass is 427 g/mol. The fraction of sp³-hybridized carbons (Fsp3) is 0.409. The SMILES string of the molecule is O=C(Nc1ncc(-c2ccc3cnc(Cl)cc3c2)s1)C1CCOC2(CCCC2)C1. The summed E-state index contributed by atoms with van der Waals surface area (Å²) in [6.45, 7) is 0.676. The molecule has 29 heavy (non-hydrogen) atoms. The summed E-state index contributed by atoms with van der Waals surface area (Å²) in [7, 11) is 0. The molecule has 150 valence electrons. The Morgan fingerprint density at radius 1 is 1.17 bits per heavy atom. The minimum Gasteiger partial charge on any atom is -0.375 e. The van der Waals surface area contributed by atoms with Crippen LogP contribution in [0, 0.1) is 5.92 Å². The van der Waals surface area contributed by atoms with Gasteiger partial charge in [-0.2, -0.15) is 0 Å². The molecular formula is C22H22ClN3O2S. The summed E-state index contributed by atoms with van der Waals surface area (Å²) in [4.78, 5) is 22.4. The minimum atomic E-state index is -0.0600. The number of carbonyl (C=O) groups is 1. The van der Waals surface area contributed by atoms with Crippen molar-refractivity contribution in [2.24, 2.45) is 5.92 Å². The molecule has 3 heterocycles. The third kappa shape index (κ3) is 3.89. The molecule has 3 aromatic rings. The van der Waals surface area contributed by atoms with Gasteiger partial charge >= 0.3 is 0 Å². The van der Waals surface area contributed by atoms with Crippen LogP contribution >= 0.6 is 22.9 Å². The quantitative estimate of drug-likeness (QED) is 0.545. The van der Waals surface area contributed by atoms with Gasteiger partial charge in [0.25, 0.3) is 0 Å². The average molecular weight is 428 g/mol. The molecule has 0 bridgehead atoms. The van der Waals surface area contributed by atoms with Gasteiger partial charge in [0.05, 0.1) is 10.5 Å². The lowest BCUT2D eigenvalue weighted by molar-refractivity contribution is -0.133. The number of aromatic nitrogens is 2. The average Bonchev–Trinajstić information content (AvgIpc) is 3.37. The summed E-state index contributed by atoms with van der Waals surface area (Å²) in [5.74, 6) is 0.0707. The maximum absolute atomic E-state index is 12.8. The van der Waals surface area contributed by atoms with E-state index in [2.05, 4.69) is 21.4 Å². The van der Waals surface area contributed by atoms with Crippen molar-refractivity contribution in [3.8, 4) is 10.4 Å². The van der Waals surface area contributed by atoms with Crippen molar-refractivity contribution in [1.29, 1.82) is 0 Å². The highest BCUT2D eigenvalue weighted by atomic mass is 35.5. The van der Waals surface area contributed by atoms with E-state index in [-0.39, 0.29) is 17.4 Å². The van der Waals surface area contributed by atoms with Crippen molar-refractivity contribution in [2.75, 3.05) is 11.9 Å². The molecule has 1 aliphatic carbocycles. The lowest BCUT2D eigenvalue weighted by Gasteiger charge is -2.37. The number of ether oxygens (including phenoxy) is 1. The van der Waals surface area contributed by atoms with Crippen molar-refractivity contribution in [2.45, 2.75) is 44.1 Å². The van der Waals surface area contributed by atoms with Crippen LogP contribution < -0.4 is 5.32 Å². The van der Waals surface area contributed by atoms with Gasteiger partial charge in [-0.1, -0.05) is 47.9 Å². The second-order valence-electron chi connectivity index (χ2n) is 8.02. The number of fused-ring (bicyclic) bond motifs is 1. The molecule has 1 aromatic carbocycles. The van der Waals surface area contributed by atoms with Gasteiger partial charge in [-0.15, -0.1) is 0 Å². The Balaban J connectivity index is 1.30. The van der Waals surface area contributed by atoms with E-state index in [4.69, 9.17) is 16.3 Å². The van der Waals surface area contributed by atoms with Crippen LogP contribution in [0.5, 0.6) is 0 Å². The highest BCUT2D eigenvalue weighted by Crippen LogP contribution is 2.42. The largest absolute Gasteiger partial charge is 0.375 e. The van der Waals surface area contributed by atoms with Crippen LogP contribution in [-0.4, -0.2) is 28.1 Å². The van der Waals surface area contributed by atoms with Crippen molar-refractivity contribution < 1.29 is 9.53 Å². The predicted octanol–water partition coefficient (Wildman–Crippen LogP) is 5.69. The Morgan fingerprint density at radius 3 is 2.90 bits per heavy atom. The number of anilines is 1. The molecular weight excluding hydrogens is 406 g/mol. The summed E-state index contributed by atoms with van der Waals surface area (Å²) in [5, 5.41) is 6.23. The summed E-state index contributed by atoms with van der Waals surface area (Å²) >= 11 is 7.51. The fourth-order valence-corrected chi connectivity index (χ4v) is 5.54. The number of hydrogen-bond acceptors (Lipinski definition) is 5. The van der Waals surface area contributed by atoms with Gasteiger partial charge in [-0.25, -0.2) is 9.97 Å². The lowest BCUT2D eigenvalue weighted by atomic mass is 9.84. The molecule has 2 fully saturated rings. The first-order valence-corrected chi connectivity index (χ1v) is 11.3. The molecule has 5 rings (SSSR count). The normalized spacial score (nSPS) is 20.9. The van der Waals surface area contributed by atoms with Crippen molar-refractivity contribution in [1.82, 2.24) is 9.97 Å². The molecule has 2 aromatic heterocycles. The highest BCUT2D eigenvalue weighted by molar-refractivity contribution is 7.19. The zero-order valence-electron chi connectivity index (χ0n) is 16.0. The van der Waals surface area contributed by atoms with E-state index >= 15 is 0 Å². The number of nitrogens with zero attached hydrogens (tertiary/aromatic N) is 2. The van der Waals surface area contributed by atoms with Gasteiger partial charge in [0.15, 0.2) is 5.13 Å². The second kappa shape index (κ2) is 7.67. The number of hydrogen-bond donors (Lipinski definition) is 1. The molecule has 1 spiro atoms. The van der Waals surface area contributed by atoms with Gasteiger partial charge in [-0.05, 0) is 48.8 Å². The fourth-order valence-electron chi connectivity index (χ4n) is 4.56. The molecule has 1 saturated carbocycles. The maximum Gasteiger partial charge on any atom is 0.229 e. The lowest BCUT2D eigenvalue weighted by Crippen LogP contribution is -2.41. The molecule has 1 amide bonds. The Morgan fingerprint density at radius 2 is 2.03 bits per heavy atom. The Kier molecular flexibility index (Phi) is 5.02. The van der Waals surface area contributed by atoms with Gasteiger partial charge in [0.2, 0.25) is 5.91 Å². The van der Waals surface area contributed by atoms with E-state index in [1.54, 1.807) is 6.20 Å².